The first-order valence-corrected chi connectivity index (χ1v) is 6.22. The minimum atomic E-state index is -0.464. The van der Waals surface area contributed by atoms with Gasteiger partial charge in [0.2, 0.25) is 0 Å². The highest BCUT2D eigenvalue weighted by Crippen LogP contribution is 2.16. The minimum Gasteiger partial charge on any atom is -0.330 e. The predicted molar refractivity (Wildman–Crippen MR) is 66.0 cm³/mol. The number of rotatable bonds is 4. The second-order valence-electron chi connectivity index (χ2n) is 3.23. The van der Waals surface area contributed by atoms with E-state index in [0.717, 1.165) is 10.6 Å². The standard InChI is InChI=1S/C12H12N2O2S/c1-2-17-10-6-8-14(9-10)16-12(15)11-5-3-4-7-13-11/h3-9H,2H2,1H3. The van der Waals surface area contributed by atoms with Crippen molar-refractivity contribution < 1.29 is 9.63 Å². The Labute approximate surface area is 104 Å². The van der Waals surface area contributed by atoms with Gasteiger partial charge in [0.25, 0.3) is 0 Å². The molecule has 0 fully saturated rings. The van der Waals surface area contributed by atoms with Crippen molar-refractivity contribution in [3.05, 3.63) is 48.5 Å². The second kappa shape index (κ2) is 5.54. The molecule has 0 aliphatic heterocycles. The van der Waals surface area contributed by atoms with Crippen molar-refractivity contribution >= 4 is 17.7 Å². The molecule has 2 aromatic heterocycles. The Bertz CT molecular complexity index is 496. The minimum absolute atomic E-state index is 0.297. The molecule has 0 amide bonds. The molecule has 0 saturated carbocycles. The van der Waals surface area contributed by atoms with E-state index >= 15 is 0 Å². The number of hydrogen-bond donors (Lipinski definition) is 0. The van der Waals surface area contributed by atoms with Crippen LogP contribution in [0.4, 0.5) is 0 Å². The highest BCUT2D eigenvalue weighted by atomic mass is 32.2. The number of carbonyl (C=O) groups is 1. The molecule has 2 heterocycles. The monoisotopic (exact) mass is 248 g/mol. The zero-order valence-corrected chi connectivity index (χ0v) is 10.2. The molecule has 0 atom stereocenters. The quantitative estimate of drug-likeness (QED) is 0.778. The van der Waals surface area contributed by atoms with Gasteiger partial charge in [-0.2, -0.15) is 4.73 Å². The summed E-state index contributed by atoms with van der Waals surface area (Å²) in [7, 11) is 0. The van der Waals surface area contributed by atoms with Gasteiger partial charge < -0.3 is 4.84 Å². The summed E-state index contributed by atoms with van der Waals surface area (Å²) in [5, 5.41) is 0. The Morgan fingerprint density at radius 1 is 1.47 bits per heavy atom. The first-order chi connectivity index (χ1) is 8.29. The highest BCUT2D eigenvalue weighted by Gasteiger charge is 2.09. The fourth-order valence-corrected chi connectivity index (χ4v) is 1.96. The molecule has 0 aliphatic carbocycles. The van der Waals surface area contributed by atoms with E-state index in [1.807, 2.05) is 6.07 Å². The van der Waals surface area contributed by atoms with Crippen molar-refractivity contribution in [2.75, 3.05) is 5.75 Å². The molecular formula is C12H12N2O2S. The van der Waals surface area contributed by atoms with Gasteiger partial charge in [-0.25, -0.2) is 9.78 Å². The van der Waals surface area contributed by atoms with Crippen molar-refractivity contribution in [1.29, 1.82) is 0 Å². The summed E-state index contributed by atoms with van der Waals surface area (Å²) < 4.78 is 1.40. The third kappa shape index (κ3) is 3.10. The molecule has 2 rings (SSSR count). The van der Waals surface area contributed by atoms with Crippen molar-refractivity contribution in [3.63, 3.8) is 0 Å². The largest absolute Gasteiger partial charge is 0.381 e. The van der Waals surface area contributed by atoms with Crippen LogP contribution in [-0.4, -0.2) is 21.4 Å². The lowest BCUT2D eigenvalue weighted by Crippen LogP contribution is -2.19. The fraction of sp³-hybridized carbons (Fsp3) is 0.167. The summed E-state index contributed by atoms with van der Waals surface area (Å²) in [6.45, 7) is 2.07. The topological polar surface area (TPSA) is 44.1 Å². The van der Waals surface area contributed by atoms with E-state index in [9.17, 15) is 4.79 Å². The van der Waals surface area contributed by atoms with E-state index in [0.29, 0.717) is 5.69 Å². The van der Waals surface area contributed by atoms with Gasteiger partial charge in [-0.05, 0) is 24.0 Å². The van der Waals surface area contributed by atoms with Crippen LogP contribution in [0.25, 0.3) is 0 Å². The van der Waals surface area contributed by atoms with Crippen molar-refractivity contribution in [3.8, 4) is 0 Å². The summed E-state index contributed by atoms with van der Waals surface area (Å²) in [5.74, 6) is 0.521. The molecule has 0 unspecified atom stereocenters. The second-order valence-corrected chi connectivity index (χ2v) is 4.57. The maximum absolute atomic E-state index is 11.7. The number of nitrogens with zero attached hydrogens (tertiary/aromatic N) is 2. The lowest BCUT2D eigenvalue weighted by molar-refractivity contribution is 0.0455. The van der Waals surface area contributed by atoms with Gasteiger partial charge >= 0.3 is 5.97 Å². The highest BCUT2D eigenvalue weighted by molar-refractivity contribution is 7.99. The van der Waals surface area contributed by atoms with E-state index < -0.39 is 5.97 Å². The van der Waals surface area contributed by atoms with Gasteiger partial charge in [0.05, 0.1) is 6.20 Å². The third-order valence-electron chi connectivity index (χ3n) is 2.01. The number of pyridine rings is 1. The first-order valence-electron chi connectivity index (χ1n) is 5.24. The van der Waals surface area contributed by atoms with Crippen molar-refractivity contribution in [1.82, 2.24) is 9.71 Å². The van der Waals surface area contributed by atoms with Crippen LogP contribution in [0, 0.1) is 0 Å². The maximum atomic E-state index is 11.7. The van der Waals surface area contributed by atoms with Gasteiger partial charge in [0.15, 0.2) is 5.69 Å². The van der Waals surface area contributed by atoms with E-state index in [1.165, 1.54) is 4.73 Å². The number of carbonyl (C=O) groups excluding carboxylic acids is 1. The SMILES string of the molecule is CCSc1ccn(OC(=O)c2ccccn2)c1. The Morgan fingerprint density at radius 3 is 3.06 bits per heavy atom. The zero-order valence-electron chi connectivity index (χ0n) is 9.37. The van der Waals surface area contributed by atoms with Crippen LogP contribution >= 0.6 is 11.8 Å². The lowest BCUT2D eigenvalue weighted by atomic mass is 10.4. The fourth-order valence-electron chi connectivity index (χ4n) is 1.29. The third-order valence-corrected chi connectivity index (χ3v) is 2.88. The van der Waals surface area contributed by atoms with Crippen LogP contribution in [0.3, 0.4) is 0 Å². The normalized spacial score (nSPS) is 10.2. The smallest absolute Gasteiger partial charge is 0.330 e. The van der Waals surface area contributed by atoms with E-state index in [-0.39, 0.29) is 0 Å². The van der Waals surface area contributed by atoms with Gasteiger partial charge in [-0.15, -0.1) is 11.8 Å². The van der Waals surface area contributed by atoms with Crippen LogP contribution in [0.2, 0.25) is 0 Å². The molecule has 5 heteroatoms. The van der Waals surface area contributed by atoms with Crippen molar-refractivity contribution in [2.45, 2.75) is 11.8 Å². The van der Waals surface area contributed by atoms with E-state index in [1.54, 1.807) is 48.6 Å². The molecule has 0 N–H and O–H groups in total. The van der Waals surface area contributed by atoms with Crippen LogP contribution in [0.15, 0.2) is 47.8 Å². The summed E-state index contributed by atoms with van der Waals surface area (Å²) in [5.41, 5.74) is 0.297. The summed E-state index contributed by atoms with van der Waals surface area (Å²) in [4.78, 5) is 21.8. The van der Waals surface area contributed by atoms with Crippen LogP contribution < -0.4 is 4.84 Å². The Balaban J connectivity index is 2.03. The molecule has 0 spiro atoms. The zero-order chi connectivity index (χ0) is 12.1. The molecule has 0 bridgehead atoms. The summed E-state index contributed by atoms with van der Waals surface area (Å²) in [6, 6.07) is 7.02. The Hall–Kier alpha value is -1.75. The lowest BCUT2D eigenvalue weighted by Gasteiger charge is -2.02. The molecule has 0 aromatic carbocycles. The predicted octanol–water partition coefficient (Wildman–Crippen LogP) is 2.26. The average molecular weight is 248 g/mol. The summed E-state index contributed by atoms with van der Waals surface area (Å²) in [6.07, 6.45) is 5.04. The Morgan fingerprint density at radius 2 is 2.35 bits per heavy atom. The molecule has 17 heavy (non-hydrogen) atoms. The van der Waals surface area contributed by atoms with E-state index in [2.05, 4.69) is 11.9 Å². The molecule has 0 saturated heterocycles. The van der Waals surface area contributed by atoms with E-state index in [4.69, 9.17) is 4.84 Å². The molecule has 2 aromatic rings. The first kappa shape index (κ1) is 11.7. The maximum Gasteiger partial charge on any atom is 0.381 e. The molecule has 4 nitrogen and oxygen atoms in total. The van der Waals surface area contributed by atoms with Crippen LogP contribution in [0.1, 0.15) is 17.4 Å². The summed E-state index contributed by atoms with van der Waals surface area (Å²) >= 11 is 1.69. The molecular weight excluding hydrogens is 236 g/mol. The van der Waals surface area contributed by atoms with Gasteiger partial charge in [-0.1, -0.05) is 13.0 Å². The van der Waals surface area contributed by atoms with Gasteiger partial charge in [0, 0.05) is 17.3 Å². The van der Waals surface area contributed by atoms with Gasteiger partial charge in [0.1, 0.15) is 0 Å². The number of hydrogen-bond acceptors (Lipinski definition) is 4. The van der Waals surface area contributed by atoms with Crippen molar-refractivity contribution in [2.24, 2.45) is 0 Å². The van der Waals surface area contributed by atoms with Crippen LogP contribution in [0.5, 0.6) is 0 Å². The molecule has 88 valence electrons. The molecule has 0 aliphatic rings. The van der Waals surface area contributed by atoms with Crippen LogP contribution in [-0.2, 0) is 0 Å². The Kier molecular flexibility index (Phi) is 3.82. The number of aromatic nitrogens is 2. The number of thioether (sulfide) groups is 1. The molecule has 0 radical (unpaired) electrons. The average Bonchev–Trinajstić information content (AvgIpc) is 2.78. The van der Waals surface area contributed by atoms with Gasteiger partial charge in [-0.3, -0.25) is 0 Å².